The molecular formula is C16H19N5S. The van der Waals surface area contributed by atoms with Crippen molar-refractivity contribution in [1.29, 1.82) is 0 Å². The van der Waals surface area contributed by atoms with Crippen LogP contribution in [0.1, 0.15) is 5.01 Å². The van der Waals surface area contributed by atoms with Crippen LogP contribution in [-0.2, 0) is 0 Å². The molecule has 1 aliphatic rings. The fraction of sp³-hybridized carbons (Fsp3) is 0.375. The third-order valence-corrected chi connectivity index (χ3v) is 5.02. The molecule has 0 aromatic carbocycles. The smallest absolute Gasteiger partial charge is 0.139 e. The number of H-pyrrole nitrogens is 1. The van der Waals surface area contributed by atoms with E-state index in [-0.39, 0.29) is 0 Å². The molecule has 1 N–H and O–H groups in total. The maximum atomic E-state index is 4.57. The number of anilines is 1. The van der Waals surface area contributed by atoms with Gasteiger partial charge in [-0.15, -0.1) is 11.3 Å². The second-order valence-corrected chi connectivity index (χ2v) is 6.88. The molecule has 0 atom stereocenters. The monoisotopic (exact) mass is 313 g/mol. The SMILES string of the molecule is Cc1nc(-c2cc3c(N4CCN(C)CC4)ccnc3[nH]2)cs1. The van der Waals surface area contributed by atoms with E-state index in [4.69, 9.17) is 0 Å². The van der Waals surface area contributed by atoms with Gasteiger partial charge in [-0.2, -0.15) is 0 Å². The highest BCUT2D eigenvalue weighted by molar-refractivity contribution is 7.09. The van der Waals surface area contributed by atoms with E-state index in [9.17, 15) is 0 Å². The van der Waals surface area contributed by atoms with Crippen molar-refractivity contribution in [2.45, 2.75) is 6.92 Å². The van der Waals surface area contributed by atoms with Crippen LogP contribution in [0, 0.1) is 6.92 Å². The lowest BCUT2D eigenvalue weighted by Gasteiger charge is -2.34. The number of piperazine rings is 1. The number of fused-ring (bicyclic) bond motifs is 1. The van der Waals surface area contributed by atoms with Crippen LogP contribution in [0.25, 0.3) is 22.4 Å². The minimum Gasteiger partial charge on any atom is -0.368 e. The Bertz CT molecular complexity index is 798. The summed E-state index contributed by atoms with van der Waals surface area (Å²) in [6.07, 6.45) is 1.89. The maximum absolute atomic E-state index is 4.57. The van der Waals surface area contributed by atoms with E-state index in [2.05, 4.69) is 49.3 Å². The van der Waals surface area contributed by atoms with Gasteiger partial charge in [-0.3, -0.25) is 0 Å². The highest BCUT2D eigenvalue weighted by Crippen LogP contribution is 2.31. The molecule has 4 heterocycles. The first kappa shape index (κ1) is 13.7. The van der Waals surface area contributed by atoms with Gasteiger partial charge < -0.3 is 14.8 Å². The molecule has 22 heavy (non-hydrogen) atoms. The van der Waals surface area contributed by atoms with Gasteiger partial charge in [0.15, 0.2) is 0 Å². The number of nitrogens with zero attached hydrogens (tertiary/aromatic N) is 4. The third-order valence-electron chi connectivity index (χ3n) is 4.25. The summed E-state index contributed by atoms with van der Waals surface area (Å²) in [5, 5.41) is 4.36. The Balaban J connectivity index is 1.75. The predicted octanol–water partition coefficient (Wildman–Crippen LogP) is 2.75. The zero-order chi connectivity index (χ0) is 15.1. The third kappa shape index (κ3) is 2.38. The summed E-state index contributed by atoms with van der Waals surface area (Å²) in [5.41, 5.74) is 4.27. The van der Waals surface area contributed by atoms with Crippen molar-refractivity contribution in [2.24, 2.45) is 0 Å². The average molecular weight is 313 g/mol. The predicted molar refractivity (Wildman–Crippen MR) is 91.6 cm³/mol. The minimum absolute atomic E-state index is 0.942. The number of likely N-dealkylation sites (N-methyl/N-ethyl adjacent to an activating group) is 1. The number of hydrogen-bond acceptors (Lipinski definition) is 5. The lowest BCUT2D eigenvalue weighted by Crippen LogP contribution is -2.44. The van der Waals surface area contributed by atoms with Crippen LogP contribution < -0.4 is 4.90 Å². The zero-order valence-corrected chi connectivity index (χ0v) is 13.7. The Morgan fingerprint density at radius 2 is 2.05 bits per heavy atom. The van der Waals surface area contributed by atoms with Crippen molar-refractivity contribution in [2.75, 3.05) is 38.1 Å². The molecule has 5 nitrogen and oxygen atoms in total. The second kappa shape index (κ2) is 5.37. The van der Waals surface area contributed by atoms with Crippen molar-refractivity contribution in [3.8, 4) is 11.4 Å². The van der Waals surface area contributed by atoms with Gasteiger partial charge in [0.25, 0.3) is 0 Å². The summed E-state index contributed by atoms with van der Waals surface area (Å²) in [5.74, 6) is 0. The summed E-state index contributed by atoms with van der Waals surface area (Å²) < 4.78 is 0. The Morgan fingerprint density at radius 3 is 2.77 bits per heavy atom. The van der Waals surface area contributed by atoms with E-state index in [1.807, 2.05) is 13.1 Å². The van der Waals surface area contributed by atoms with Crippen molar-refractivity contribution < 1.29 is 0 Å². The molecule has 0 radical (unpaired) electrons. The van der Waals surface area contributed by atoms with E-state index >= 15 is 0 Å². The van der Waals surface area contributed by atoms with Gasteiger partial charge in [0.1, 0.15) is 5.65 Å². The van der Waals surface area contributed by atoms with Crippen molar-refractivity contribution >= 4 is 28.1 Å². The molecule has 0 aliphatic carbocycles. The second-order valence-electron chi connectivity index (χ2n) is 5.82. The first-order valence-corrected chi connectivity index (χ1v) is 8.42. The fourth-order valence-corrected chi connectivity index (χ4v) is 3.57. The highest BCUT2D eigenvalue weighted by Gasteiger charge is 2.18. The molecule has 3 aromatic heterocycles. The van der Waals surface area contributed by atoms with Crippen LogP contribution in [-0.4, -0.2) is 53.1 Å². The average Bonchev–Trinajstić information content (AvgIpc) is 3.13. The Morgan fingerprint density at radius 1 is 1.23 bits per heavy atom. The van der Waals surface area contributed by atoms with Crippen LogP contribution in [0.4, 0.5) is 5.69 Å². The summed E-state index contributed by atoms with van der Waals surface area (Å²) in [6.45, 7) is 6.36. The quantitative estimate of drug-likeness (QED) is 0.790. The minimum atomic E-state index is 0.942. The first-order valence-electron chi connectivity index (χ1n) is 7.54. The molecule has 0 saturated carbocycles. The molecule has 0 unspecified atom stereocenters. The fourth-order valence-electron chi connectivity index (χ4n) is 2.96. The Labute approximate surface area is 133 Å². The van der Waals surface area contributed by atoms with Gasteiger partial charge >= 0.3 is 0 Å². The molecule has 0 bridgehead atoms. The van der Waals surface area contributed by atoms with E-state index in [0.717, 1.165) is 48.2 Å². The number of thiazole rings is 1. The summed E-state index contributed by atoms with van der Waals surface area (Å²) >= 11 is 1.67. The molecule has 1 saturated heterocycles. The Kier molecular flexibility index (Phi) is 3.35. The lowest BCUT2D eigenvalue weighted by molar-refractivity contribution is 0.313. The van der Waals surface area contributed by atoms with E-state index in [1.165, 1.54) is 11.1 Å². The van der Waals surface area contributed by atoms with Gasteiger partial charge in [0, 0.05) is 48.8 Å². The van der Waals surface area contributed by atoms with Crippen molar-refractivity contribution in [3.05, 3.63) is 28.7 Å². The summed E-state index contributed by atoms with van der Waals surface area (Å²) in [6, 6.07) is 4.31. The summed E-state index contributed by atoms with van der Waals surface area (Å²) in [4.78, 5) is 17.3. The normalized spacial score (nSPS) is 16.5. The van der Waals surface area contributed by atoms with Crippen LogP contribution in [0.2, 0.25) is 0 Å². The topological polar surface area (TPSA) is 48.1 Å². The van der Waals surface area contributed by atoms with Gasteiger partial charge in [-0.05, 0) is 26.1 Å². The first-order chi connectivity index (χ1) is 10.7. The van der Waals surface area contributed by atoms with Gasteiger partial charge in [0.2, 0.25) is 0 Å². The van der Waals surface area contributed by atoms with Crippen LogP contribution >= 0.6 is 11.3 Å². The molecule has 0 amide bonds. The van der Waals surface area contributed by atoms with E-state index in [0.29, 0.717) is 0 Å². The molecule has 4 rings (SSSR count). The number of rotatable bonds is 2. The molecule has 114 valence electrons. The number of aryl methyl sites for hydroxylation is 1. The van der Waals surface area contributed by atoms with Gasteiger partial charge in [-0.25, -0.2) is 9.97 Å². The maximum Gasteiger partial charge on any atom is 0.139 e. The number of hydrogen-bond donors (Lipinski definition) is 1. The van der Waals surface area contributed by atoms with Gasteiger partial charge in [-0.1, -0.05) is 0 Å². The van der Waals surface area contributed by atoms with Crippen molar-refractivity contribution in [3.63, 3.8) is 0 Å². The number of pyridine rings is 1. The molecule has 1 fully saturated rings. The zero-order valence-electron chi connectivity index (χ0n) is 12.8. The van der Waals surface area contributed by atoms with E-state index in [1.54, 1.807) is 11.3 Å². The van der Waals surface area contributed by atoms with Crippen LogP contribution in [0.3, 0.4) is 0 Å². The molecular weight excluding hydrogens is 294 g/mol. The van der Waals surface area contributed by atoms with E-state index < -0.39 is 0 Å². The van der Waals surface area contributed by atoms with Crippen LogP contribution in [0.15, 0.2) is 23.7 Å². The molecule has 3 aromatic rings. The Hall–Kier alpha value is -1.92. The molecule has 1 aliphatic heterocycles. The highest BCUT2D eigenvalue weighted by atomic mass is 32.1. The lowest BCUT2D eigenvalue weighted by atomic mass is 10.2. The number of aromatic amines is 1. The largest absolute Gasteiger partial charge is 0.368 e. The molecule has 6 heteroatoms. The van der Waals surface area contributed by atoms with Crippen molar-refractivity contribution in [1.82, 2.24) is 19.9 Å². The number of nitrogens with one attached hydrogen (secondary N) is 1. The standard InChI is InChI=1S/C16H19N5S/c1-11-18-14(10-22-11)13-9-12-15(3-4-17-16(12)19-13)21-7-5-20(2)6-8-21/h3-4,9-10H,5-8H2,1-2H3,(H,17,19). The number of aromatic nitrogens is 3. The summed E-state index contributed by atoms with van der Waals surface area (Å²) in [7, 11) is 2.18. The van der Waals surface area contributed by atoms with Crippen LogP contribution in [0.5, 0.6) is 0 Å². The molecule has 0 spiro atoms. The van der Waals surface area contributed by atoms with Gasteiger partial charge in [0.05, 0.1) is 16.4 Å².